The summed E-state index contributed by atoms with van der Waals surface area (Å²) in [6, 6.07) is 10.6. The molecule has 0 radical (unpaired) electrons. The maximum absolute atomic E-state index is 13.7. The number of thiophene rings is 1. The third kappa shape index (κ3) is 4.75. The average molecular weight is 483 g/mol. The molecule has 9 heteroatoms. The highest BCUT2D eigenvalue weighted by Crippen LogP contribution is 2.35. The molecule has 7 nitrogen and oxygen atoms in total. The number of thiazole rings is 1. The number of benzene rings is 2. The van der Waals surface area contributed by atoms with Crippen LogP contribution in [0.25, 0.3) is 20.3 Å². The van der Waals surface area contributed by atoms with Crippen LogP contribution < -0.4 is 4.90 Å². The highest BCUT2D eigenvalue weighted by Gasteiger charge is 2.24. The molecule has 0 unspecified atom stereocenters. The highest BCUT2D eigenvalue weighted by atomic mass is 32.1. The van der Waals surface area contributed by atoms with Crippen molar-refractivity contribution in [2.75, 3.05) is 31.1 Å². The van der Waals surface area contributed by atoms with Crippen molar-refractivity contribution in [2.24, 2.45) is 0 Å². The minimum Gasteiger partial charge on any atom is -0.302 e. The second kappa shape index (κ2) is 9.54. The lowest BCUT2D eigenvalue weighted by molar-refractivity contribution is -0.384. The zero-order chi connectivity index (χ0) is 23.7. The molecule has 1 amide bonds. The first-order valence-electron chi connectivity index (χ1n) is 10.9. The van der Waals surface area contributed by atoms with Gasteiger partial charge < -0.3 is 4.90 Å². The van der Waals surface area contributed by atoms with Crippen molar-refractivity contribution in [1.29, 1.82) is 0 Å². The fraction of sp³-hybridized carbons (Fsp3) is 0.333. The van der Waals surface area contributed by atoms with Crippen molar-refractivity contribution in [3.8, 4) is 0 Å². The van der Waals surface area contributed by atoms with Crippen molar-refractivity contribution in [1.82, 2.24) is 9.88 Å². The summed E-state index contributed by atoms with van der Waals surface area (Å²) in [5.41, 5.74) is 3.22. The molecule has 4 aromatic rings. The van der Waals surface area contributed by atoms with Crippen LogP contribution in [0.2, 0.25) is 0 Å². The minimum absolute atomic E-state index is 0.0229. The quantitative estimate of drug-likeness (QED) is 0.226. The first kappa shape index (κ1) is 23.3. The van der Waals surface area contributed by atoms with Crippen molar-refractivity contribution < 1.29 is 9.72 Å². The van der Waals surface area contributed by atoms with Gasteiger partial charge in [-0.25, -0.2) is 4.98 Å². The summed E-state index contributed by atoms with van der Waals surface area (Å²) in [4.78, 5) is 33.8. The number of aromatic nitrogens is 1. The van der Waals surface area contributed by atoms with Gasteiger partial charge in [-0.15, -0.1) is 11.3 Å². The second-order valence-corrected chi connectivity index (χ2v) is 10.1. The lowest BCUT2D eigenvalue weighted by atomic mass is 10.1. The van der Waals surface area contributed by atoms with Gasteiger partial charge in [0.05, 0.1) is 20.0 Å². The van der Waals surface area contributed by atoms with E-state index in [1.54, 1.807) is 17.0 Å². The van der Waals surface area contributed by atoms with Gasteiger partial charge in [-0.1, -0.05) is 31.3 Å². The Balaban J connectivity index is 1.74. The van der Waals surface area contributed by atoms with E-state index in [1.807, 2.05) is 13.0 Å². The summed E-state index contributed by atoms with van der Waals surface area (Å²) in [5, 5.41) is 12.5. The van der Waals surface area contributed by atoms with Crippen LogP contribution in [0.3, 0.4) is 0 Å². The normalized spacial score (nSPS) is 11.5. The minimum atomic E-state index is -0.416. The molecule has 0 N–H and O–H groups in total. The van der Waals surface area contributed by atoms with E-state index >= 15 is 0 Å². The molecule has 0 fully saturated rings. The third-order valence-corrected chi connectivity index (χ3v) is 8.07. The molecule has 2 heterocycles. The smallest absolute Gasteiger partial charge is 0.270 e. The van der Waals surface area contributed by atoms with E-state index in [-0.39, 0.29) is 11.6 Å². The van der Waals surface area contributed by atoms with Crippen LogP contribution >= 0.6 is 22.7 Å². The SMILES string of the molecule is CCN(CC)CCN(C(=O)c1cc2cc([N+](=O)[O-])ccc2s1)c1nc2cc(C)cc(C)c2s1. The van der Waals surface area contributed by atoms with Crippen molar-refractivity contribution in [3.05, 3.63) is 62.5 Å². The van der Waals surface area contributed by atoms with Crippen molar-refractivity contribution >= 4 is 59.7 Å². The summed E-state index contributed by atoms with van der Waals surface area (Å²) in [6.07, 6.45) is 0. The number of nitro groups is 1. The first-order chi connectivity index (χ1) is 15.8. The van der Waals surface area contributed by atoms with Crippen molar-refractivity contribution in [3.63, 3.8) is 0 Å². The Bertz CT molecular complexity index is 1340. The van der Waals surface area contributed by atoms with Gasteiger partial charge in [-0.2, -0.15) is 0 Å². The summed E-state index contributed by atoms with van der Waals surface area (Å²) in [6.45, 7) is 11.4. The zero-order valence-electron chi connectivity index (χ0n) is 19.1. The van der Waals surface area contributed by atoms with Gasteiger partial charge in [-0.05, 0) is 56.3 Å². The summed E-state index contributed by atoms with van der Waals surface area (Å²) in [7, 11) is 0. The van der Waals surface area contributed by atoms with E-state index in [4.69, 9.17) is 4.98 Å². The van der Waals surface area contributed by atoms with Gasteiger partial charge >= 0.3 is 0 Å². The molecular weight excluding hydrogens is 456 g/mol. The Morgan fingerprint density at radius 2 is 1.82 bits per heavy atom. The topological polar surface area (TPSA) is 79.6 Å². The van der Waals surface area contributed by atoms with E-state index in [0.29, 0.717) is 21.9 Å². The molecule has 0 spiro atoms. The monoisotopic (exact) mass is 482 g/mol. The van der Waals surface area contributed by atoms with Crippen LogP contribution in [0, 0.1) is 24.0 Å². The third-order valence-electron chi connectivity index (χ3n) is 5.74. The molecule has 0 aliphatic heterocycles. The maximum Gasteiger partial charge on any atom is 0.270 e. The number of likely N-dealkylation sites (N-methyl/N-ethyl adjacent to an activating group) is 1. The Hall–Kier alpha value is -2.88. The fourth-order valence-electron chi connectivity index (χ4n) is 3.93. The number of fused-ring (bicyclic) bond motifs is 2. The number of aryl methyl sites for hydroxylation is 2. The van der Waals surface area contributed by atoms with Gasteiger partial charge in [0, 0.05) is 35.3 Å². The molecular formula is C24H26N4O3S2. The molecule has 0 bridgehead atoms. The Labute approximate surface area is 200 Å². The highest BCUT2D eigenvalue weighted by molar-refractivity contribution is 7.23. The summed E-state index contributed by atoms with van der Waals surface area (Å²) < 4.78 is 1.94. The Morgan fingerprint density at radius 1 is 1.06 bits per heavy atom. The Morgan fingerprint density at radius 3 is 2.52 bits per heavy atom. The van der Waals surface area contributed by atoms with Crippen LogP contribution in [-0.4, -0.2) is 46.9 Å². The number of non-ortho nitro benzene ring substituents is 1. The molecule has 172 valence electrons. The number of nitrogens with zero attached hydrogens (tertiary/aromatic N) is 4. The molecule has 0 saturated carbocycles. The van der Waals surface area contributed by atoms with Crippen LogP contribution in [-0.2, 0) is 0 Å². The molecule has 2 aromatic heterocycles. The van der Waals surface area contributed by atoms with Gasteiger partial charge in [0.25, 0.3) is 11.6 Å². The van der Waals surface area contributed by atoms with E-state index in [1.165, 1.54) is 34.8 Å². The molecule has 2 aromatic carbocycles. The standard InChI is InChI=1S/C24H26N4O3S2/c1-5-26(6-2)9-10-27(24-25-19-12-15(3)11-16(4)22(19)33-24)23(29)21-14-17-13-18(28(30)31)7-8-20(17)32-21/h7-8,11-14H,5-6,9-10H2,1-4H3. The predicted molar refractivity (Wildman–Crippen MR) is 137 cm³/mol. The van der Waals surface area contributed by atoms with Crippen molar-refractivity contribution in [2.45, 2.75) is 27.7 Å². The number of carbonyl (C=O) groups excluding carboxylic acids is 1. The maximum atomic E-state index is 13.7. The van der Waals surface area contributed by atoms with E-state index in [0.717, 1.165) is 45.7 Å². The first-order valence-corrected chi connectivity index (χ1v) is 12.5. The number of carbonyl (C=O) groups is 1. The lowest BCUT2D eigenvalue weighted by Crippen LogP contribution is -2.38. The molecule has 0 aliphatic rings. The van der Waals surface area contributed by atoms with Gasteiger partial charge in [0.15, 0.2) is 5.13 Å². The molecule has 0 saturated heterocycles. The molecule has 0 aliphatic carbocycles. The summed E-state index contributed by atoms with van der Waals surface area (Å²) >= 11 is 2.89. The molecule has 33 heavy (non-hydrogen) atoms. The zero-order valence-corrected chi connectivity index (χ0v) is 20.8. The number of anilines is 1. The van der Waals surface area contributed by atoms with E-state index in [9.17, 15) is 14.9 Å². The number of rotatable bonds is 8. The number of hydrogen-bond donors (Lipinski definition) is 0. The van der Waals surface area contributed by atoms with Crippen LogP contribution in [0.1, 0.15) is 34.6 Å². The van der Waals surface area contributed by atoms with Crippen LogP contribution in [0.5, 0.6) is 0 Å². The number of amides is 1. The van der Waals surface area contributed by atoms with E-state index < -0.39 is 4.92 Å². The molecule has 0 atom stereocenters. The number of nitro benzene ring substituents is 1. The number of hydrogen-bond acceptors (Lipinski definition) is 7. The predicted octanol–water partition coefficient (Wildman–Crippen LogP) is 6.02. The average Bonchev–Trinajstić information content (AvgIpc) is 3.40. The lowest BCUT2D eigenvalue weighted by Gasteiger charge is -2.24. The van der Waals surface area contributed by atoms with Crippen LogP contribution in [0.4, 0.5) is 10.8 Å². The molecule has 4 rings (SSSR count). The van der Waals surface area contributed by atoms with Crippen LogP contribution in [0.15, 0.2) is 36.4 Å². The Kier molecular flexibility index (Phi) is 6.73. The largest absolute Gasteiger partial charge is 0.302 e. The van der Waals surface area contributed by atoms with Gasteiger partial charge in [0.1, 0.15) is 0 Å². The van der Waals surface area contributed by atoms with E-state index in [2.05, 4.69) is 31.7 Å². The summed E-state index contributed by atoms with van der Waals surface area (Å²) in [5.74, 6) is -0.126. The fourth-order valence-corrected chi connectivity index (χ4v) is 5.96. The second-order valence-electron chi connectivity index (χ2n) is 8.00. The van der Waals surface area contributed by atoms with Gasteiger partial charge in [0.2, 0.25) is 0 Å². The van der Waals surface area contributed by atoms with Gasteiger partial charge in [-0.3, -0.25) is 19.8 Å².